The van der Waals surface area contributed by atoms with Crippen LogP contribution in [0.5, 0.6) is 0 Å². The Morgan fingerprint density at radius 3 is 2.46 bits per heavy atom. The lowest BCUT2D eigenvalue weighted by Crippen LogP contribution is -2.48. The number of benzene rings is 1. The SMILES string of the molecule is CC(=O)N1CCN(c2nnc(C)c3cc(C(=O)NCCN(C)C)ccc23)CC1. The van der Waals surface area contributed by atoms with Crippen molar-refractivity contribution < 1.29 is 9.59 Å². The van der Waals surface area contributed by atoms with E-state index in [1.165, 1.54) is 0 Å². The summed E-state index contributed by atoms with van der Waals surface area (Å²) in [5.74, 6) is 0.823. The van der Waals surface area contributed by atoms with Crippen molar-refractivity contribution >= 4 is 28.4 Å². The molecule has 150 valence electrons. The molecule has 2 amide bonds. The zero-order valence-electron chi connectivity index (χ0n) is 17.0. The average Bonchev–Trinajstić information content (AvgIpc) is 2.68. The van der Waals surface area contributed by atoms with Crippen molar-refractivity contribution in [3.63, 3.8) is 0 Å². The van der Waals surface area contributed by atoms with Crippen LogP contribution in [0.2, 0.25) is 0 Å². The Morgan fingerprint density at radius 1 is 1.11 bits per heavy atom. The van der Waals surface area contributed by atoms with Gasteiger partial charge in [0.05, 0.1) is 5.69 Å². The van der Waals surface area contributed by atoms with Crippen LogP contribution in [0.15, 0.2) is 18.2 Å². The van der Waals surface area contributed by atoms with Gasteiger partial charge in [0.15, 0.2) is 5.82 Å². The van der Waals surface area contributed by atoms with E-state index in [-0.39, 0.29) is 11.8 Å². The normalized spacial score (nSPS) is 14.6. The number of aryl methyl sites for hydroxylation is 1. The molecular weight excluding hydrogens is 356 g/mol. The first-order valence-electron chi connectivity index (χ1n) is 9.57. The van der Waals surface area contributed by atoms with Gasteiger partial charge in [-0.1, -0.05) is 0 Å². The molecule has 8 nitrogen and oxygen atoms in total. The van der Waals surface area contributed by atoms with E-state index >= 15 is 0 Å². The van der Waals surface area contributed by atoms with Gasteiger partial charge in [-0.3, -0.25) is 9.59 Å². The van der Waals surface area contributed by atoms with E-state index in [9.17, 15) is 9.59 Å². The summed E-state index contributed by atoms with van der Waals surface area (Å²) in [6.45, 7) is 7.70. The third-order valence-electron chi connectivity index (χ3n) is 5.08. The highest BCUT2D eigenvalue weighted by Crippen LogP contribution is 2.27. The number of rotatable bonds is 5. The zero-order chi connectivity index (χ0) is 20.3. The molecular formula is C20H28N6O2. The Kier molecular flexibility index (Phi) is 6.08. The second-order valence-corrected chi connectivity index (χ2v) is 7.42. The maximum atomic E-state index is 12.5. The van der Waals surface area contributed by atoms with Crippen LogP contribution < -0.4 is 10.2 Å². The van der Waals surface area contributed by atoms with Crippen LogP contribution >= 0.6 is 0 Å². The highest BCUT2D eigenvalue weighted by Gasteiger charge is 2.22. The topological polar surface area (TPSA) is 81.7 Å². The first-order valence-corrected chi connectivity index (χ1v) is 9.57. The number of amides is 2. The second-order valence-electron chi connectivity index (χ2n) is 7.42. The molecule has 3 rings (SSSR count). The van der Waals surface area contributed by atoms with E-state index in [1.54, 1.807) is 6.92 Å². The molecule has 1 fully saturated rings. The molecule has 8 heteroatoms. The maximum Gasteiger partial charge on any atom is 0.251 e. The van der Waals surface area contributed by atoms with Crippen LogP contribution in [-0.4, -0.2) is 85.2 Å². The summed E-state index contributed by atoms with van der Waals surface area (Å²) in [6, 6.07) is 5.67. The molecule has 0 radical (unpaired) electrons. The Hall–Kier alpha value is -2.74. The number of aromatic nitrogens is 2. The van der Waals surface area contributed by atoms with Crippen molar-refractivity contribution in [1.29, 1.82) is 0 Å². The van der Waals surface area contributed by atoms with Crippen LogP contribution in [0, 0.1) is 6.92 Å². The summed E-state index contributed by atoms with van der Waals surface area (Å²) in [7, 11) is 3.95. The summed E-state index contributed by atoms with van der Waals surface area (Å²) < 4.78 is 0. The molecule has 1 aliphatic heterocycles. The third-order valence-corrected chi connectivity index (χ3v) is 5.08. The molecule has 0 aliphatic carbocycles. The smallest absolute Gasteiger partial charge is 0.251 e. The summed E-state index contributed by atoms with van der Waals surface area (Å²) in [4.78, 5) is 30.0. The number of piperazine rings is 1. The molecule has 0 spiro atoms. The van der Waals surface area contributed by atoms with Crippen molar-refractivity contribution in [3.05, 3.63) is 29.5 Å². The minimum Gasteiger partial charge on any atom is -0.351 e. The van der Waals surface area contributed by atoms with Gasteiger partial charge in [0.1, 0.15) is 0 Å². The van der Waals surface area contributed by atoms with Crippen LogP contribution in [0.25, 0.3) is 10.8 Å². The number of hydrogen-bond acceptors (Lipinski definition) is 6. The monoisotopic (exact) mass is 384 g/mol. The summed E-state index contributed by atoms with van der Waals surface area (Å²) in [5.41, 5.74) is 1.42. The predicted molar refractivity (Wildman–Crippen MR) is 110 cm³/mol. The first kappa shape index (κ1) is 20.0. The van der Waals surface area contributed by atoms with Crippen LogP contribution in [0.1, 0.15) is 23.0 Å². The van der Waals surface area contributed by atoms with Gasteiger partial charge in [-0.25, -0.2) is 0 Å². The van der Waals surface area contributed by atoms with Gasteiger partial charge in [-0.2, -0.15) is 5.10 Å². The molecule has 1 aromatic carbocycles. The lowest BCUT2D eigenvalue weighted by molar-refractivity contribution is -0.129. The van der Waals surface area contributed by atoms with Gasteiger partial charge < -0.3 is 20.0 Å². The van der Waals surface area contributed by atoms with Crippen molar-refractivity contribution in [2.75, 3.05) is 58.3 Å². The first-order chi connectivity index (χ1) is 13.4. The van der Waals surface area contributed by atoms with Gasteiger partial charge in [-0.05, 0) is 39.2 Å². The molecule has 28 heavy (non-hydrogen) atoms. The molecule has 1 aliphatic rings. The highest BCUT2D eigenvalue weighted by atomic mass is 16.2. The lowest BCUT2D eigenvalue weighted by atomic mass is 10.1. The fourth-order valence-corrected chi connectivity index (χ4v) is 3.37. The standard InChI is InChI=1S/C20H28N6O2/c1-14-18-13-16(20(28)21-7-8-24(3)4)5-6-17(18)19(23-22-14)26-11-9-25(10-12-26)15(2)27/h5-6,13H,7-12H2,1-4H3,(H,21,28). The van der Waals surface area contributed by atoms with Crippen LogP contribution in [-0.2, 0) is 4.79 Å². The van der Waals surface area contributed by atoms with Gasteiger partial charge in [0.2, 0.25) is 5.91 Å². The van der Waals surface area contributed by atoms with Crippen LogP contribution in [0.4, 0.5) is 5.82 Å². The number of nitrogens with one attached hydrogen (secondary N) is 1. The van der Waals surface area contributed by atoms with E-state index in [1.807, 2.05) is 49.0 Å². The number of hydrogen-bond donors (Lipinski definition) is 1. The highest BCUT2D eigenvalue weighted by molar-refractivity contribution is 6.01. The molecule has 0 saturated carbocycles. The minimum absolute atomic E-state index is 0.0865. The fourth-order valence-electron chi connectivity index (χ4n) is 3.37. The predicted octanol–water partition coefficient (Wildman–Crippen LogP) is 0.898. The number of anilines is 1. The molecule has 0 unspecified atom stereocenters. The maximum absolute atomic E-state index is 12.5. The summed E-state index contributed by atoms with van der Waals surface area (Å²) in [6.07, 6.45) is 0. The van der Waals surface area contributed by atoms with E-state index in [2.05, 4.69) is 20.4 Å². The van der Waals surface area contributed by atoms with Crippen molar-refractivity contribution in [2.24, 2.45) is 0 Å². The van der Waals surface area contributed by atoms with E-state index < -0.39 is 0 Å². The third kappa shape index (κ3) is 4.39. The van der Waals surface area contributed by atoms with Gasteiger partial charge in [0.25, 0.3) is 5.91 Å². The Balaban J connectivity index is 1.82. The molecule has 0 atom stereocenters. The average molecular weight is 384 g/mol. The molecule has 2 heterocycles. The van der Waals surface area contributed by atoms with E-state index in [4.69, 9.17) is 0 Å². The quantitative estimate of drug-likeness (QED) is 0.825. The van der Waals surface area contributed by atoms with Crippen LogP contribution in [0.3, 0.4) is 0 Å². The number of carbonyl (C=O) groups is 2. The molecule has 1 aromatic heterocycles. The van der Waals surface area contributed by atoms with Crippen molar-refractivity contribution in [3.8, 4) is 0 Å². The fraction of sp³-hybridized carbons (Fsp3) is 0.500. The Bertz CT molecular complexity index is 874. The molecule has 2 aromatic rings. The number of likely N-dealkylation sites (N-methyl/N-ethyl adjacent to an activating group) is 1. The molecule has 0 bridgehead atoms. The summed E-state index contributed by atoms with van der Waals surface area (Å²) >= 11 is 0. The van der Waals surface area contributed by atoms with Gasteiger partial charge in [0, 0.05) is 62.5 Å². The van der Waals surface area contributed by atoms with Crippen molar-refractivity contribution in [2.45, 2.75) is 13.8 Å². The lowest BCUT2D eigenvalue weighted by Gasteiger charge is -2.35. The molecule has 1 saturated heterocycles. The zero-order valence-corrected chi connectivity index (χ0v) is 17.0. The van der Waals surface area contributed by atoms with Gasteiger partial charge >= 0.3 is 0 Å². The summed E-state index contributed by atoms with van der Waals surface area (Å²) in [5, 5.41) is 13.6. The number of carbonyl (C=O) groups excluding carboxylic acids is 2. The number of fused-ring (bicyclic) bond motifs is 1. The van der Waals surface area contributed by atoms with Crippen molar-refractivity contribution in [1.82, 2.24) is 25.3 Å². The largest absolute Gasteiger partial charge is 0.351 e. The van der Waals surface area contributed by atoms with E-state index in [0.29, 0.717) is 25.2 Å². The second kappa shape index (κ2) is 8.52. The Morgan fingerprint density at radius 2 is 1.82 bits per heavy atom. The number of nitrogens with zero attached hydrogens (tertiary/aromatic N) is 5. The minimum atomic E-state index is -0.0865. The Labute approximate surface area is 165 Å². The van der Waals surface area contributed by atoms with Gasteiger partial charge in [-0.15, -0.1) is 5.10 Å². The molecule has 1 N–H and O–H groups in total. The van der Waals surface area contributed by atoms with E-state index in [0.717, 1.165) is 41.9 Å².